The minimum atomic E-state index is -0.739. The highest BCUT2D eigenvalue weighted by atomic mass is 16.5. The van der Waals surface area contributed by atoms with Gasteiger partial charge in [0.05, 0.1) is 18.1 Å². The van der Waals surface area contributed by atoms with Crippen LogP contribution in [-0.4, -0.2) is 23.3 Å². The average Bonchev–Trinajstić information content (AvgIpc) is 2.44. The van der Waals surface area contributed by atoms with Crippen LogP contribution in [0.1, 0.15) is 6.42 Å². The van der Waals surface area contributed by atoms with Crippen LogP contribution in [0.15, 0.2) is 12.2 Å². The van der Waals surface area contributed by atoms with Crippen LogP contribution < -0.4 is 0 Å². The fourth-order valence-corrected chi connectivity index (χ4v) is 1.51. The molecule has 1 unspecified atom stereocenters. The van der Waals surface area contributed by atoms with Crippen molar-refractivity contribution in [1.82, 2.24) is 0 Å². The zero-order chi connectivity index (χ0) is 7.14. The molecule has 2 aliphatic heterocycles. The molecule has 1 N–H and O–H groups in total. The first-order valence-corrected chi connectivity index (χ1v) is 3.34. The van der Waals surface area contributed by atoms with Crippen LogP contribution in [0.3, 0.4) is 0 Å². The van der Waals surface area contributed by atoms with Gasteiger partial charge in [0.1, 0.15) is 0 Å². The summed E-state index contributed by atoms with van der Waals surface area (Å²) in [4.78, 5) is 10.5. The molecule has 3 atom stereocenters. The highest BCUT2D eigenvalue weighted by Gasteiger charge is 2.40. The molecule has 3 heteroatoms. The summed E-state index contributed by atoms with van der Waals surface area (Å²) >= 11 is 0. The van der Waals surface area contributed by atoms with Crippen molar-refractivity contribution in [1.29, 1.82) is 0 Å². The van der Waals surface area contributed by atoms with Crippen LogP contribution in [0, 0.1) is 5.92 Å². The van der Waals surface area contributed by atoms with Crippen molar-refractivity contribution < 1.29 is 14.6 Å². The summed E-state index contributed by atoms with van der Waals surface area (Å²) in [5, 5.41) is 8.62. The maximum absolute atomic E-state index is 10.5. The van der Waals surface area contributed by atoms with E-state index in [-0.39, 0.29) is 18.1 Å². The zero-order valence-corrected chi connectivity index (χ0v) is 5.36. The van der Waals surface area contributed by atoms with Crippen molar-refractivity contribution in [2.75, 3.05) is 0 Å². The lowest BCUT2D eigenvalue weighted by molar-refractivity contribution is -0.142. The van der Waals surface area contributed by atoms with E-state index in [0.717, 1.165) is 0 Å². The first-order chi connectivity index (χ1) is 4.77. The minimum Gasteiger partial charge on any atom is -0.481 e. The minimum absolute atomic E-state index is 0.0751. The Balaban J connectivity index is 2.16. The summed E-state index contributed by atoms with van der Waals surface area (Å²) in [6.45, 7) is 0. The average molecular weight is 140 g/mol. The van der Waals surface area contributed by atoms with Crippen LogP contribution >= 0.6 is 0 Å². The van der Waals surface area contributed by atoms with Gasteiger partial charge in [-0.15, -0.1) is 0 Å². The molecule has 0 aromatic rings. The fourth-order valence-electron chi connectivity index (χ4n) is 1.51. The molecule has 0 amide bonds. The largest absolute Gasteiger partial charge is 0.481 e. The van der Waals surface area contributed by atoms with Crippen molar-refractivity contribution >= 4 is 5.97 Å². The molecule has 0 spiro atoms. The Bertz CT molecular complexity index is 197. The van der Waals surface area contributed by atoms with E-state index in [9.17, 15) is 4.79 Å². The van der Waals surface area contributed by atoms with Crippen LogP contribution in [0.4, 0.5) is 0 Å². The van der Waals surface area contributed by atoms with Gasteiger partial charge in [-0.1, -0.05) is 12.2 Å². The third-order valence-electron chi connectivity index (χ3n) is 2.05. The van der Waals surface area contributed by atoms with Crippen LogP contribution in [0.2, 0.25) is 0 Å². The van der Waals surface area contributed by atoms with Crippen LogP contribution in [0.5, 0.6) is 0 Å². The topological polar surface area (TPSA) is 46.5 Å². The fraction of sp³-hybridized carbons (Fsp3) is 0.571. The van der Waals surface area contributed by atoms with Crippen LogP contribution in [0.25, 0.3) is 0 Å². The first-order valence-electron chi connectivity index (χ1n) is 3.34. The quantitative estimate of drug-likeness (QED) is 0.537. The van der Waals surface area contributed by atoms with Gasteiger partial charge in [0.15, 0.2) is 0 Å². The second-order valence-corrected chi connectivity index (χ2v) is 2.70. The van der Waals surface area contributed by atoms with Gasteiger partial charge >= 0.3 is 5.97 Å². The van der Waals surface area contributed by atoms with Gasteiger partial charge in [0, 0.05) is 0 Å². The Kier molecular flexibility index (Phi) is 1.08. The number of fused-ring (bicyclic) bond motifs is 2. The summed E-state index contributed by atoms with van der Waals surface area (Å²) in [7, 11) is 0. The molecule has 3 nitrogen and oxygen atoms in total. The SMILES string of the molecule is O=C(O)C1C[C@@H]2C=C[C@H]1O2. The number of carboxylic acid groups (broad SMARTS) is 1. The van der Waals surface area contributed by atoms with Gasteiger partial charge in [0.25, 0.3) is 0 Å². The Morgan fingerprint density at radius 1 is 1.60 bits per heavy atom. The monoisotopic (exact) mass is 140 g/mol. The molecule has 54 valence electrons. The van der Waals surface area contributed by atoms with E-state index >= 15 is 0 Å². The number of hydrogen-bond acceptors (Lipinski definition) is 2. The molecule has 1 fully saturated rings. The van der Waals surface area contributed by atoms with Crippen molar-refractivity contribution in [3.8, 4) is 0 Å². The van der Waals surface area contributed by atoms with Gasteiger partial charge < -0.3 is 9.84 Å². The number of ether oxygens (including phenoxy) is 1. The summed E-state index contributed by atoms with van der Waals surface area (Å²) in [6.07, 6.45) is 4.35. The predicted octanol–water partition coefficient (Wildman–Crippen LogP) is 0.415. The normalized spacial score (nSPS) is 42.6. The van der Waals surface area contributed by atoms with Crippen molar-refractivity contribution in [3.05, 3.63) is 12.2 Å². The van der Waals surface area contributed by atoms with E-state index in [1.165, 1.54) is 0 Å². The lowest BCUT2D eigenvalue weighted by atomic mass is 9.95. The molecule has 10 heavy (non-hydrogen) atoms. The van der Waals surface area contributed by atoms with Crippen LogP contribution in [-0.2, 0) is 9.53 Å². The second kappa shape index (κ2) is 1.83. The molecule has 0 aromatic heterocycles. The zero-order valence-electron chi connectivity index (χ0n) is 5.36. The van der Waals surface area contributed by atoms with E-state index in [1.807, 2.05) is 12.2 Å². The van der Waals surface area contributed by atoms with Gasteiger partial charge in [-0.3, -0.25) is 4.79 Å². The summed E-state index contributed by atoms with van der Waals surface area (Å²) < 4.78 is 5.25. The Morgan fingerprint density at radius 2 is 2.40 bits per heavy atom. The maximum Gasteiger partial charge on any atom is 0.309 e. The molecule has 1 saturated heterocycles. The molecule has 2 bridgehead atoms. The van der Waals surface area contributed by atoms with Gasteiger partial charge in [0.2, 0.25) is 0 Å². The third-order valence-corrected chi connectivity index (χ3v) is 2.05. The lowest BCUT2D eigenvalue weighted by Crippen LogP contribution is -2.22. The number of aliphatic carboxylic acids is 1. The summed E-state index contributed by atoms with van der Waals surface area (Å²) in [5.41, 5.74) is 0. The molecule has 0 aromatic carbocycles. The number of carbonyl (C=O) groups is 1. The van der Waals surface area contributed by atoms with Crippen molar-refractivity contribution in [2.45, 2.75) is 18.6 Å². The van der Waals surface area contributed by atoms with Gasteiger partial charge in [-0.05, 0) is 6.42 Å². The smallest absolute Gasteiger partial charge is 0.309 e. The highest BCUT2D eigenvalue weighted by Crippen LogP contribution is 2.33. The Labute approximate surface area is 58.3 Å². The number of carboxylic acids is 1. The van der Waals surface area contributed by atoms with Gasteiger partial charge in [-0.25, -0.2) is 0 Å². The number of rotatable bonds is 1. The molecule has 2 heterocycles. The molecule has 0 saturated carbocycles. The second-order valence-electron chi connectivity index (χ2n) is 2.70. The Morgan fingerprint density at radius 3 is 2.70 bits per heavy atom. The lowest BCUT2D eigenvalue weighted by Gasteiger charge is -2.08. The molecular formula is C7H8O3. The standard InChI is InChI=1S/C7H8O3/c8-7(9)5-3-4-1-2-6(5)10-4/h1-2,4-6H,3H2,(H,8,9)/t4-,5?,6+/m0/s1. The third kappa shape index (κ3) is 0.671. The van der Waals surface area contributed by atoms with E-state index in [2.05, 4.69) is 0 Å². The highest BCUT2D eigenvalue weighted by molar-refractivity contribution is 5.72. The Hall–Kier alpha value is -0.830. The van der Waals surface area contributed by atoms with E-state index in [0.29, 0.717) is 6.42 Å². The summed E-state index contributed by atoms with van der Waals surface area (Å²) in [5.74, 6) is -1.04. The molecule has 2 rings (SSSR count). The van der Waals surface area contributed by atoms with E-state index < -0.39 is 5.97 Å². The maximum atomic E-state index is 10.5. The van der Waals surface area contributed by atoms with Gasteiger partial charge in [-0.2, -0.15) is 0 Å². The number of hydrogen-bond donors (Lipinski definition) is 1. The molecule has 0 aliphatic carbocycles. The first kappa shape index (κ1) is 5.92. The molecule has 0 radical (unpaired) electrons. The molecular weight excluding hydrogens is 132 g/mol. The molecule has 2 aliphatic rings. The summed E-state index contributed by atoms with van der Waals surface area (Å²) in [6, 6.07) is 0. The van der Waals surface area contributed by atoms with E-state index in [4.69, 9.17) is 9.84 Å². The van der Waals surface area contributed by atoms with Crippen molar-refractivity contribution in [3.63, 3.8) is 0 Å². The predicted molar refractivity (Wildman–Crippen MR) is 33.5 cm³/mol. The van der Waals surface area contributed by atoms with E-state index in [1.54, 1.807) is 0 Å². The van der Waals surface area contributed by atoms with Crippen molar-refractivity contribution in [2.24, 2.45) is 5.92 Å².